The van der Waals surface area contributed by atoms with Crippen LogP contribution in [0.1, 0.15) is 37.5 Å². The molecule has 0 saturated carbocycles. The lowest BCUT2D eigenvalue weighted by molar-refractivity contribution is 0.180. The lowest BCUT2D eigenvalue weighted by Gasteiger charge is -2.43. The molecule has 1 fully saturated rings. The van der Waals surface area contributed by atoms with Crippen molar-refractivity contribution in [2.75, 3.05) is 18.5 Å². The molecule has 2 unspecified atom stereocenters. The monoisotopic (exact) mass is 434 g/mol. The van der Waals surface area contributed by atoms with E-state index in [1.54, 1.807) is 12.7 Å². The van der Waals surface area contributed by atoms with E-state index in [-0.39, 0.29) is 0 Å². The van der Waals surface area contributed by atoms with E-state index in [9.17, 15) is 0 Å². The van der Waals surface area contributed by atoms with Gasteiger partial charge in [-0.25, -0.2) is 0 Å². The maximum Gasteiger partial charge on any atom is 0.123 e. The summed E-state index contributed by atoms with van der Waals surface area (Å²) in [6.45, 7) is 4.45. The number of piperidine rings is 1. The van der Waals surface area contributed by atoms with Crippen LogP contribution in [0.3, 0.4) is 0 Å². The van der Waals surface area contributed by atoms with Gasteiger partial charge in [0, 0.05) is 52.8 Å². The molecule has 0 aliphatic carbocycles. The van der Waals surface area contributed by atoms with Gasteiger partial charge in [-0.3, -0.25) is 9.47 Å². The van der Waals surface area contributed by atoms with Gasteiger partial charge in [0.1, 0.15) is 12.7 Å². The topological polar surface area (TPSA) is 53.0 Å². The molecule has 0 amide bonds. The molecule has 31 heavy (non-hydrogen) atoms. The van der Waals surface area contributed by atoms with Crippen LogP contribution in [0, 0.1) is 0 Å². The molecule has 3 aromatic heterocycles. The largest absolute Gasteiger partial charge is 0.367 e. The second-order valence-electron chi connectivity index (χ2n) is 8.58. The highest BCUT2D eigenvalue weighted by atomic mass is 32.1. The average molecular weight is 435 g/mol. The van der Waals surface area contributed by atoms with Crippen molar-refractivity contribution in [2.24, 2.45) is 0 Å². The van der Waals surface area contributed by atoms with Crippen LogP contribution < -0.4 is 4.90 Å². The molecule has 1 aliphatic heterocycles. The molecule has 4 heterocycles. The van der Waals surface area contributed by atoms with Crippen molar-refractivity contribution in [3.63, 3.8) is 0 Å². The molecule has 1 saturated heterocycles. The minimum absolute atomic E-state index is 0.562. The van der Waals surface area contributed by atoms with Gasteiger partial charge >= 0.3 is 0 Å². The fraction of sp³-hybridized carbons (Fsp3) is 0.417. The fourth-order valence-corrected chi connectivity index (χ4v) is 5.73. The van der Waals surface area contributed by atoms with Crippen molar-refractivity contribution in [3.8, 4) is 5.69 Å². The number of rotatable bonds is 7. The fourth-order valence-electron chi connectivity index (χ4n) is 4.96. The third kappa shape index (κ3) is 4.12. The van der Waals surface area contributed by atoms with Crippen LogP contribution in [0.2, 0.25) is 0 Å². The van der Waals surface area contributed by atoms with Crippen LogP contribution in [0.25, 0.3) is 16.6 Å². The first-order chi connectivity index (χ1) is 15.2. The predicted octanol–water partition coefficient (Wildman–Crippen LogP) is 5.08. The molecular weight excluding hydrogens is 404 g/mol. The van der Waals surface area contributed by atoms with Crippen LogP contribution in [0.15, 0.2) is 54.6 Å². The van der Waals surface area contributed by atoms with Gasteiger partial charge in [-0.15, -0.1) is 21.5 Å². The van der Waals surface area contributed by atoms with E-state index in [0.29, 0.717) is 12.1 Å². The SMILES string of the molecule is CCCC1CC(N(C)Cc2cccs2)CCN1c1c[nH]c2ccc(-n3cnnc3)cc12. The van der Waals surface area contributed by atoms with Crippen molar-refractivity contribution < 1.29 is 0 Å². The summed E-state index contributed by atoms with van der Waals surface area (Å²) in [6, 6.07) is 12.1. The van der Waals surface area contributed by atoms with Gasteiger partial charge in [0.05, 0.1) is 5.69 Å². The number of thiophene rings is 1. The van der Waals surface area contributed by atoms with E-state index >= 15 is 0 Å². The minimum atomic E-state index is 0.562. The number of nitrogens with one attached hydrogen (secondary N) is 1. The van der Waals surface area contributed by atoms with Gasteiger partial charge < -0.3 is 9.88 Å². The number of H-pyrrole nitrogens is 1. The molecule has 4 aromatic rings. The summed E-state index contributed by atoms with van der Waals surface area (Å²) in [7, 11) is 2.29. The Morgan fingerprint density at radius 2 is 2.10 bits per heavy atom. The minimum Gasteiger partial charge on any atom is -0.367 e. The Bertz CT molecular complexity index is 1100. The van der Waals surface area contributed by atoms with Gasteiger partial charge in [-0.05, 0) is 56.0 Å². The molecule has 0 spiro atoms. The number of aromatic amines is 1. The zero-order chi connectivity index (χ0) is 21.2. The Hall–Kier alpha value is -2.64. The number of fused-ring (bicyclic) bond motifs is 1. The third-order valence-electron chi connectivity index (χ3n) is 6.59. The highest BCUT2D eigenvalue weighted by Gasteiger charge is 2.31. The van der Waals surface area contributed by atoms with Crippen LogP contribution >= 0.6 is 11.3 Å². The lowest BCUT2D eigenvalue weighted by atomic mass is 9.92. The molecule has 7 heteroatoms. The lowest BCUT2D eigenvalue weighted by Crippen LogP contribution is -2.49. The smallest absolute Gasteiger partial charge is 0.123 e. The summed E-state index contributed by atoms with van der Waals surface area (Å²) in [6.07, 6.45) is 10.5. The van der Waals surface area contributed by atoms with Crippen LogP contribution in [0.5, 0.6) is 0 Å². The van der Waals surface area contributed by atoms with Gasteiger partial charge in [0.25, 0.3) is 0 Å². The van der Waals surface area contributed by atoms with Gasteiger partial charge in [-0.1, -0.05) is 19.4 Å². The number of nitrogens with zero attached hydrogens (tertiary/aromatic N) is 5. The van der Waals surface area contributed by atoms with E-state index in [1.165, 1.54) is 47.2 Å². The highest BCUT2D eigenvalue weighted by Crippen LogP contribution is 2.35. The molecular formula is C24H30N6S. The molecule has 6 nitrogen and oxygen atoms in total. The van der Waals surface area contributed by atoms with E-state index in [0.717, 1.165) is 18.8 Å². The summed E-state index contributed by atoms with van der Waals surface area (Å²) in [5.74, 6) is 0. The van der Waals surface area contributed by atoms with E-state index in [1.807, 2.05) is 15.9 Å². The normalized spacial score (nSPS) is 19.5. The van der Waals surface area contributed by atoms with Crippen molar-refractivity contribution >= 4 is 27.9 Å². The first-order valence-corrected chi connectivity index (χ1v) is 12.1. The zero-order valence-electron chi connectivity index (χ0n) is 18.2. The quantitative estimate of drug-likeness (QED) is 0.441. The Balaban J connectivity index is 1.39. The standard InChI is InChI=1S/C24H30N6S/c1-3-5-20-12-18(28(2)15-21-6-4-11-31-21)9-10-30(20)24-14-25-23-8-7-19(13-22(23)24)29-16-26-27-17-29/h4,6-8,11,13-14,16-18,20,25H,3,5,9-10,12,15H2,1-2H3. The highest BCUT2D eigenvalue weighted by molar-refractivity contribution is 7.09. The number of benzene rings is 1. The van der Waals surface area contributed by atoms with Gasteiger partial charge in [0.2, 0.25) is 0 Å². The van der Waals surface area contributed by atoms with Crippen molar-refractivity contribution in [1.29, 1.82) is 0 Å². The Kier molecular flexibility index (Phi) is 5.78. The van der Waals surface area contributed by atoms with Crippen molar-refractivity contribution in [3.05, 3.63) is 59.4 Å². The molecule has 1 aliphatic rings. The van der Waals surface area contributed by atoms with Crippen LogP contribution in [-0.4, -0.2) is 50.3 Å². The Labute approximate surface area is 187 Å². The summed E-state index contributed by atoms with van der Waals surface area (Å²) in [5.41, 5.74) is 3.60. The summed E-state index contributed by atoms with van der Waals surface area (Å²) >= 11 is 1.86. The third-order valence-corrected chi connectivity index (χ3v) is 7.45. The summed E-state index contributed by atoms with van der Waals surface area (Å²) in [5, 5.41) is 11.4. The van der Waals surface area contributed by atoms with Crippen molar-refractivity contribution in [1.82, 2.24) is 24.6 Å². The van der Waals surface area contributed by atoms with Gasteiger partial charge in [-0.2, -0.15) is 0 Å². The second-order valence-corrected chi connectivity index (χ2v) is 9.61. The first kappa shape index (κ1) is 20.3. The molecule has 1 aromatic carbocycles. The molecule has 2 atom stereocenters. The summed E-state index contributed by atoms with van der Waals surface area (Å²) < 4.78 is 1.96. The Morgan fingerprint density at radius 3 is 2.87 bits per heavy atom. The van der Waals surface area contributed by atoms with Crippen molar-refractivity contribution in [2.45, 2.75) is 51.2 Å². The van der Waals surface area contributed by atoms with E-state index < -0.39 is 0 Å². The molecule has 0 radical (unpaired) electrons. The predicted molar refractivity (Wildman–Crippen MR) is 128 cm³/mol. The maximum atomic E-state index is 3.96. The van der Waals surface area contributed by atoms with Gasteiger partial charge in [0.15, 0.2) is 0 Å². The number of hydrogen-bond donors (Lipinski definition) is 1. The number of aromatic nitrogens is 4. The first-order valence-electron chi connectivity index (χ1n) is 11.2. The molecule has 5 rings (SSSR count). The number of anilines is 1. The molecule has 1 N–H and O–H groups in total. The van der Waals surface area contributed by atoms with E-state index in [4.69, 9.17) is 0 Å². The Morgan fingerprint density at radius 1 is 1.23 bits per heavy atom. The second kappa shape index (κ2) is 8.85. The van der Waals surface area contributed by atoms with Crippen LogP contribution in [-0.2, 0) is 6.54 Å². The average Bonchev–Trinajstić information content (AvgIpc) is 3.55. The molecule has 162 valence electrons. The summed E-state index contributed by atoms with van der Waals surface area (Å²) in [4.78, 5) is 10.2. The number of hydrogen-bond acceptors (Lipinski definition) is 5. The molecule has 0 bridgehead atoms. The van der Waals surface area contributed by atoms with E-state index in [2.05, 4.69) is 80.9 Å². The van der Waals surface area contributed by atoms with Crippen LogP contribution in [0.4, 0.5) is 5.69 Å². The maximum absolute atomic E-state index is 3.96. The zero-order valence-corrected chi connectivity index (χ0v) is 19.1.